The summed E-state index contributed by atoms with van der Waals surface area (Å²) in [6.45, 7) is 3.73. The van der Waals surface area contributed by atoms with Gasteiger partial charge in [-0.1, -0.05) is 101 Å². The lowest BCUT2D eigenvalue weighted by Gasteiger charge is -2.15. The smallest absolute Gasteiger partial charge is 0.306 e. The number of rotatable bonds is 26. The lowest BCUT2D eigenvalue weighted by molar-refractivity contribution is -0.161. The Kier molecular flexibility index (Phi) is 27.2. The number of ether oxygens (including phenoxy) is 2. The van der Waals surface area contributed by atoms with Crippen LogP contribution in [0, 0.1) is 0 Å². The van der Waals surface area contributed by atoms with Crippen LogP contribution in [0.2, 0.25) is 0 Å². The van der Waals surface area contributed by atoms with Crippen LogP contribution >= 0.6 is 0 Å². The van der Waals surface area contributed by atoms with E-state index in [0.29, 0.717) is 19.3 Å². The molecule has 0 aromatic carbocycles. The molecular formula is C33H56O6. The van der Waals surface area contributed by atoms with Gasteiger partial charge in [-0.05, 0) is 57.8 Å². The second-order valence-corrected chi connectivity index (χ2v) is 9.97. The number of hydrogen-bond donors (Lipinski definition) is 2. The summed E-state index contributed by atoms with van der Waals surface area (Å²) in [5.74, 6) is -0.688. The summed E-state index contributed by atoms with van der Waals surface area (Å²) >= 11 is 0. The maximum atomic E-state index is 11.9. The van der Waals surface area contributed by atoms with Gasteiger partial charge in [0.2, 0.25) is 0 Å². The summed E-state index contributed by atoms with van der Waals surface area (Å²) in [5, 5.41) is 18.9. The monoisotopic (exact) mass is 548 g/mol. The lowest BCUT2D eigenvalue weighted by Crippen LogP contribution is -2.28. The normalized spacial score (nSPS) is 13.6. The van der Waals surface area contributed by atoms with Crippen LogP contribution in [0.15, 0.2) is 48.6 Å². The fourth-order valence-corrected chi connectivity index (χ4v) is 3.76. The van der Waals surface area contributed by atoms with Crippen molar-refractivity contribution in [2.75, 3.05) is 13.2 Å². The molecule has 2 atom stereocenters. The zero-order chi connectivity index (χ0) is 28.8. The fraction of sp³-hybridized carbons (Fsp3) is 0.697. The summed E-state index contributed by atoms with van der Waals surface area (Å²) in [5.41, 5.74) is 0. The number of allylic oxidation sites excluding steroid dienone is 8. The highest BCUT2D eigenvalue weighted by atomic mass is 16.6. The van der Waals surface area contributed by atoms with Gasteiger partial charge in [-0.25, -0.2) is 0 Å². The van der Waals surface area contributed by atoms with E-state index in [-0.39, 0.29) is 31.3 Å². The number of hydrogen-bond acceptors (Lipinski definition) is 6. The Bertz CT molecular complexity index is 694. The summed E-state index contributed by atoms with van der Waals surface area (Å²) in [6.07, 6.45) is 31.2. The number of unbranched alkanes of at least 4 members (excludes halogenated alkanes) is 7. The Labute approximate surface area is 238 Å². The van der Waals surface area contributed by atoms with E-state index in [1.807, 2.05) is 6.92 Å². The molecule has 0 radical (unpaired) electrons. The number of carbonyl (C=O) groups excluding carboxylic acids is 2. The fourth-order valence-electron chi connectivity index (χ4n) is 3.76. The van der Waals surface area contributed by atoms with Crippen LogP contribution in [0.4, 0.5) is 0 Å². The maximum absolute atomic E-state index is 11.9. The molecule has 0 fully saturated rings. The minimum Gasteiger partial charge on any atom is -0.462 e. The zero-order valence-corrected chi connectivity index (χ0v) is 24.7. The van der Waals surface area contributed by atoms with Crippen LogP contribution in [0.3, 0.4) is 0 Å². The van der Waals surface area contributed by atoms with E-state index in [4.69, 9.17) is 9.47 Å². The largest absolute Gasteiger partial charge is 0.462 e. The number of aliphatic hydroxyl groups is 2. The molecule has 0 amide bonds. The highest BCUT2D eigenvalue weighted by Crippen LogP contribution is 2.10. The van der Waals surface area contributed by atoms with Gasteiger partial charge in [0.1, 0.15) is 6.61 Å². The standard InChI is InChI=1S/C33H56O6/c1-3-5-6-7-16-21-24-27-33(37)39-31(28-34)29-38-32(36)26-23-20-18-15-13-11-9-8-10-12-14-17-19-22-25-30(35)4-2/h9-12,15,17-19,30-31,34-35H,3-8,13-14,16,20-29H2,1-2H3/b11-9-,12-10-,18-15-,19-17-/t30-,31-/m0/s1. The first-order valence-electron chi connectivity index (χ1n) is 15.3. The predicted molar refractivity (Wildman–Crippen MR) is 160 cm³/mol. The SMILES string of the molecule is CCCCCCCCCC(=O)O[C@@H](CO)COC(=O)CCC/C=C\C/C=C\C/C=C\C/C=C\CC[C@@H](O)CC. The molecule has 0 aliphatic carbocycles. The summed E-state index contributed by atoms with van der Waals surface area (Å²) in [4.78, 5) is 23.9. The Hall–Kier alpha value is -2.18. The maximum Gasteiger partial charge on any atom is 0.306 e. The summed E-state index contributed by atoms with van der Waals surface area (Å²) in [7, 11) is 0. The highest BCUT2D eigenvalue weighted by Gasteiger charge is 2.15. The Morgan fingerprint density at radius 1 is 0.692 bits per heavy atom. The lowest BCUT2D eigenvalue weighted by atomic mass is 10.1. The van der Waals surface area contributed by atoms with Crippen LogP contribution in [-0.4, -0.2) is 47.6 Å². The van der Waals surface area contributed by atoms with E-state index in [9.17, 15) is 19.8 Å². The molecule has 0 aliphatic heterocycles. The first-order valence-corrected chi connectivity index (χ1v) is 15.3. The van der Waals surface area contributed by atoms with E-state index in [1.54, 1.807) is 0 Å². The van der Waals surface area contributed by atoms with Gasteiger partial charge in [0.25, 0.3) is 0 Å². The number of carbonyl (C=O) groups is 2. The molecule has 0 aromatic heterocycles. The molecule has 0 aliphatic rings. The molecule has 6 nitrogen and oxygen atoms in total. The molecule has 0 heterocycles. The predicted octanol–water partition coefficient (Wildman–Crippen LogP) is 7.69. The molecule has 0 aromatic rings. The Balaban J connectivity index is 3.75. The minimum absolute atomic E-state index is 0.105. The third-order valence-corrected chi connectivity index (χ3v) is 6.29. The molecule has 6 heteroatoms. The van der Waals surface area contributed by atoms with Crippen LogP contribution in [0.1, 0.15) is 123 Å². The average Bonchev–Trinajstić information content (AvgIpc) is 2.94. The molecule has 0 unspecified atom stereocenters. The van der Waals surface area contributed by atoms with Crippen molar-refractivity contribution in [3.63, 3.8) is 0 Å². The summed E-state index contributed by atoms with van der Waals surface area (Å²) < 4.78 is 10.4. The third kappa shape index (κ3) is 27.2. The molecule has 0 saturated carbocycles. The highest BCUT2D eigenvalue weighted by molar-refractivity contribution is 5.70. The molecule has 39 heavy (non-hydrogen) atoms. The van der Waals surface area contributed by atoms with Crippen molar-refractivity contribution in [1.82, 2.24) is 0 Å². The van der Waals surface area contributed by atoms with Crippen molar-refractivity contribution in [3.05, 3.63) is 48.6 Å². The third-order valence-electron chi connectivity index (χ3n) is 6.29. The Morgan fingerprint density at radius 3 is 1.82 bits per heavy atom. The molecule has 0 bridgehead atoms. The van der Waals surface area contributed by atoms with E-state index in [1.165, 1.54) is 25.7 Å². The van der Waals surface area contributed by atoms with Gasteiger partial charge in [-0.15, -0.1) is 0 Å². The van der Waals surface area contributed by atoms with Crippen molar-refractivity contribution >= 4 is 11.9 Å². The van der Waals surface area contributed by atoms with E-state index in [2.05, 4.69) is 55.5 Å². The first kappa shape index (κ1) is 36.8. The van der Waals surface area contributed by atoms with Crippen LogP contribution in [0.25, 0.3) is 0 Å². The van der Waals surface area contributed by atoms with Gasteiger partial charge in [0.15, 0.2) is 6.10 Å². The van der Waals surface area contributed by atoms with Crippen LogP contribution in [-0.2, 0) is 19.1 Å². The van der Waals surface area contributed by atoms with Crippen molar-refractivity contribution in [2.24, 2.45) is 0 Å². The van der Waals surface area contributed by atoms with Crippen LogP contribution < -0.4 is 0 Å². The van der Waals surface area contributed by atoms with Crippen molar-refractivity contribution in [2.45, 2.75) is 135 Å². The quantitative estimate of drug-likeness (QED) is 0.0654. The van der Waals surface area contributed by atoms with Gasteiger partial charge >= 0.3 is 11.9 Å². The van der Waals surface area contributed by atoms with Gasteiger partial charge in [0.05, 0.1) is 12.7 Å². The molecule has 224 valence electrons. The van der Waals surface area contributed by atoms with Crippen molar-refractivity contribution in [1.29, 1.82) is 0 Å². The second kappa shape index (κ2) is 28.8. The molecule has 2 N–H and O–H groups in total. The van der Waals surface area contributed by atoms with Crippen molar-refractivity contribution in [3.8, 4) is 0 Å². The van der Waals surface area contributed by atoms with Crippen molar-refractivity contribution < 1.29 is 29.3 Å². The van der Waals surface area contributed by atoms with Gasteiger partial charge in [0, 0.05) is 12.8 Å². The van der Waals surface area contributed by atoms with E-state index >= 15 is 0 Å². The summed E-state index contributed by atoms with van der Waals surface area (Å²) in [6, 6.07) is 0. The average molecular weight is 549 g/mol. The number of esters is 2. The molecule has 0 saturated heterocycles. The minimum atomic E-state index is -0.797. The van der Waals surface area contributed by atoms with Gasteiger partial charge in [-0.2, -0.15) is 0 Å². The van der Waals surface area contributed by atoms with Crippen LogP contribution in [0.5, 0.6) is 0 Å². The second-order valence-electron chi connectivity index (χ2n) is 9.97. The molecular weight excluding hydrogens is 492 g/mol. The Morgan fingerprint density at radius 2 is 1.23 bits per heavy atom. The molecule has 0 rings (SSSR count). The van der Waals surface area contributed by atoms with E-state index in [0.717, 1.165) is 64.2 Å². The molecule has 0 spiro atoms. The van der Waals surface area contributed by atoms with E-state index < -0.39 is 6.10 Å². The zero-order valence-electron chi connectivity index (χ0n) is 24.7. The van der Waals surface area contributed by atoms with Gasteiger partial charge in [-0.3, -0.25) is 9.59 Å². The topological polar surface area (TPSA) is 93.1 Å². The van der Waals surface area contributed by atoms with Gasteiger partial charge < -0.3 is 19.7 Å². The first-order chi connectivity index (χ1) is 19.0. The number of aliphatic hydroxyl groups excluding tert-OH is 2.